The predicted molar refractivity (Wildman–Crippen MR) is 148 cm³/mol. The van der Waals surface area contributed by atoms with Crippen LogP contribution in [0.4, 0.5) is 24.5 Å². The molecule has 3 aromatic rings. The Balaban J connectivity index is 1.07. The van der Waals surface area contributed by atoms with E-state index in [0.717, 1.165) is 64.0 Å². The molecule has 222 valence electrons. The summed E-state index contributed by atoms with van der Waals surface area (Å²) in [5.74, 6) is -0.0936. The number of hydrogen-bond donors (Lipinski definition) is 0. The van der Waals surface area contributed by atoms with Crippen molar-refractivity contribution in [3.63, 3.8) is 0 Å². The summed E-state index contributed by atoms with van der Waals surface area (Å²) in [7, 11) is 0. The number of anilines is 2. The molecule has 0 bridgehead atoms. The molecule has 0 spiro atoms. The highest BCUT2D eigenvalue weighted by Crippen LogP contribution is 2.45. The molecule has 4 fully saturated rings. The topological polar surface area (TPSA) is 75.1 Å². The standard InChI is InChI=1S/C31H31F3N2O6/c32-31(33,34)30-28(41-22-8-4-20(5-9-22)35(12-24-16-37-24)13-25-17-38-25)2-1-3-29(30)42-23-10-6-21(7-11-23)36(14-26-18-39-26)15-27-19-40-27/h1-11,24-27H,12-19H2. The van der Waals surface area contributed by atoms with Crippen LogP contribution in [0.5, 0.6) is 23.0 Å². The van der Waals surface area contributed by atoms with E-state index in [-0.39, 0.29) is 47.4 Å². The fraction of sp³-hybridized carbons (Fsp3) is 0.419. The molecule has 7 rings (SSSR count). The van der Waals surface area contributed by atoms with Gasteiger partial charge in [-0.25, -0.2) is 0 Å². The Labute approximate surface area is 241 Å². The lowest BCUT2D eigenvalue weighted by molar-refractivity contribution is -0.139. The highest BCUT2D eigenvalue weighted by atomic mass is 19.4. The van der Waals surface area contributed by atoms with Crippen LogP contribution in [0.3, 0.4) is 0 Å². The molecule has 42 heavy (non-hydrogen) atoms. The first-order valence-corrected chi connectivity index (χ1v) is 14.1. The first-order valence-electron chi connectivity index (χ1n) is 14.1. The summed E-state index contributed by atoms with van der Waals surface area (Å²) in [4.78, 5) is 4.33. The summed E-state index contributed by atoms with van der Waals surface area (Å²) in [6.45, 7) is 5.88. The molecule has 0 N–H and O–H groups in total. The van der Waals surface area contributed by atoms with Crippen LogP contribution < -0.4 is 19.3 Å². The number of benzene rings is 3. The van der Waals surface area contributed by atoms with Gasteiger partial charge < -0.3 is 38.2 Å². The van der Waals surface area contributed by atoms with E-state index in [1.807, 2.05) is 24.3 Å². The number of nitrogens with zero attached hydrogens (tertiary/aromatic N) is 2. The lowest BCUT2D eigenvalue weighted by Crippen LogP contribution is -2.31. The highest BCUT2D eigenvalue weighted by Gasteiger charge is 2.39. The van der Waals surface area contributed by atoms with E-state index < -0.39 is 11.7 Å². The van der Waals surface area contributed by atoms with Crippen LogP contribution in [0, 0.1) is 0 Å². The predicted octanol–water partition coefficient (Wildman–Crippen LogP) is 5.50. The molecule has 4 aliphatic heterocycles. The van der Waals surface area contributed by atoms with Crippen molar-refractivity contribution in [3.05, 3.63) is 72.3 Å². The van der Waals surface area contributed by atoms with Crippen LogP contribution in [0.1, 0.15) is 5.56 Å². The van der Waals surface area contributed by atoms with E-state index in [1.165, 1.54) is 18.2 Å². The quantitative estimate of drug-likeness (QED) is 0.230. The van der Waals surface area contributed by atoms with E-state index in [4.69, 9.17) is 28.4 Å². The molecular formula is C31H31F3N2O6. The molecule has 0 amide bonds. The van der Waals surface area contributed by atoms with Gasteiger partial charge in [0, 0.05) is 37.6 Å². The first kappa shape index (κ1) is 27.3. The minimum atomic E-state index is -4.71. The smallest absolute Gasteiger partial charge is 0.423 e. The lowest BCUT2D eigenvalue weighted by atomic mass is 10.1. The van der Waals surface area contributed by atoms with Gasteiger partial charge in [-0.15, -0.1) is 0 Å². The summed E-state index contributed by atoms with van der Waals surface area (Å²) >= 11 is 0. The SMILES string of the molecule is FC(F)(F)c1c(Oc2ccc(N(CC3CO3)CC3CO3)cc2)cccc1Oc1ccc(N(CC2CO2)CC2CO2)cc1. The second kappa shape index (κ2) is 11.3. The van der Waals surface area contributed by atoms with Crippen molar-refractivity contribution < 1.29 is 41.6 Å². The highest BCUT2D eigenvalue weighted by molar-refractivity contribution is 5.54. The minimum Gasteiger partial charge on any atom is -0.457 e. The second-order valence-corrected chi connectivity index (χ2v) is 11.0. The van der Waals surface area contributed by atoms with Gasteiger partial charge >= 0.3 is 6.18 Å². The van der Waals surface area contributed by atoms with Crippen LogP contribution in [-0.2, 0) is 25.1 Å². The number of epoxide rings is 4. The summed E-state index contributed by atoms with van der Waals surface area (Å²) < 4.78 is 76.1. The average Bonchev–Trinajstić information content (AvgIpc) is 3.79. The first-order chi connectivity index (χ1) is 20.4. The molecule has 4 atom stereocenters. The lowest BCUT2D eigenvalue weighted by Gasteiger charge is -2.24. The normalized spacial score (nSPS) is 23.7. The van der Waals surface area contributed by atoms with Gasteiger partial charge in [0.2, 0.25) is 0 Å². The van der Waals surface area contributed by atoms with Gasteiger partial charge in [-0.3, -0.25) is 0 Å². The Morgan fingerprint density at radius 3 is 1.19 bits per heavy atom. The van der Waals surface area contributed by atoms with Crippen molar-refractivity contribution in [1.29, 1.82) is 0 Å². The van der Waals surface area contributed by atoms with Crippen LogP contribution in [0.25, 0.3) is 0 Å². The fourth-order valence-electron chi connectivity index (χ4n) is 4.91. The third-order valence-corrected chi connectivity index (χ3v) is 7.44. The number of alkyl halides is 3. The van der Waals surface area contributed by atoms with Gasteiger partial charge in [-0.2, -0.15) is 13.2 Å². The summed E-state index contributed by atoms with van der Waals surface area (Å²) in [6, 6.07) is 18.1. The number of ether oxygens (including phenoxy) is 6. The Morgan fingerprint density at radius 2 is 0.905 bits per heavy atom. The molecule has 11 heteroatoms. The maximum atomic E-state index is 14.3. The average molecular weight is 585 g/mol. The Hall–Kier alpha value is -3.51. The monoisotopic (exact) mass is 584 g/mol. The van der Waals surface area contributed by atoms with Crippen molar-refractivity contribution in [2.75, 3.05) is 62.4 Å². The van der Waals surface area contributed by atoms with E-state index in [1.54, 1.807) is 24.3 Å². The number of rotatable bonds is 14. The molecule has 4 unspecified atom stereocenters. The molecular weight excluding hydrogens is 553 g/mol. The van der Waals surface area contributed by atoms with Crippen molar-refractivity contribution in [1.82, 2.24) is 0 Å². The summed E-state index contributed by atoms with van der Waals surface area (Å²) in [5, 5.41) is 0. The van der Waals surface area contributed by atoms with Gasteiger partial charge in [-0.05, 0) is 60.7 Å². The minimum absolute atomic E-state index is 0.196. The maximum absolute atomic E-state index is 14.3. The zero-order valence-electron chi connectivity index (χ0n) is 22.8. The molecule has 3 aromatic carbocycles. The zero-order valence-corrected chi connectivity index (χ0v) is 22.8. The third-order valence-electron chi connectivity index (χ3n) is 7.44. The van der Waals surface area contributed by atoms with E-state index in [2.05, 4.69) is 9.80 Å². The number of hydrogen-bond acceptors (Lipinski definition) is 8. The van der Waals surface area contributed by atoms with E-state index >= 15 is 0 Å². The molecule has 4 heterocycles. The summed E-state index contributed by atoms with van der Waals surface area (Å²) in [5.41, 5.74) is 0.880. The summed E-state index contributed by atoms with van der Waals surface area (Å²) in [6.07, 6.45) is -3.92. The largest absolute Gasteiger partial charge is 0.457 e. The van der Waals surface area contributed by atoms with Crippen LogP contribution in [-0.4, -0.2) is 77.0 Å². The van der Waals surface area contributed by atoms with Crippen molar-refractivity contribution in [2.24, 2.45) is 0 Å². The molecule has 4 aliphatic rings. The molecule has 0 aliphatic carbocycles. The number of halogens is 3. The third kappa shape index (κ3) is 7.09. The Morgan fingerprint density at radius 1 is 0.571 bits per heavy atom. The molecule has 0 radical (unpaired) electrons. The van der Waals surface area contributed by atoms with E-state index in [0.29, 0.717) is 0 Å². The van der Waals surface area contributed by atoms with Gasteiger partial charge in [0.25, 0.3) is 0 Å². The fourth-order valence-corrected chi connectivity index (χ4v) is 4.91. The van der Waals surface area contributed by atoms with Gasteiger partial charge in [0.15, 0.2) is 0 Å². The van der Waals surface area contributed by atoms with Gasteiger partial charge in [0.1, 0.15) is 28.6 Å². The van der Waals surface area contributed by atoms with Crippen LogP contribution in [0.15, 0.2) is 66.7 Å². The van der Waals surface area contributed by atoms with Crippen molar-refractivity contribution in [2.45, 2.75) is 30.6 Å². The Kier molecular flexibility index (Phi) is 7.35. The second-order valence-electron chi connectivity index (χ2n) is 11.0. The zero-order chi connectivity index (χ0) is 28.7. The molecule has 8 nitrogen and oxygen atoms in total. The van der Waals surface area contributed by atoms with Gasteiger partial charge in [0.05, 0.1) is 50.8 Å². The maximum Gasteiger partial charge on any atom is 0.423 e. The van der Waals surface area contributed by atoms with Crippen molar-refractivity contribution in [3.8, 4) is 23.0 Å². The Bertz CT molecular complexity index is 1250. The molecule has 0 saturated carbocycles. The van der Waals surface area contributed by atoms with Crippen molar-refractivity contribution >= 4 is 11.4 Å². The van der Waals surface area contributed by atoms with Crippen LogP contribution >= 0.6 is 0 Å². The van der Waals surface area contributed by atoms with E-state index in [9.17, 15) is 13.2 Å². The van der Waals surface area contributed by atoms with Crippen LogP contribution in [0.2, 0.25) is 0 Å². The molecule has 4 saturated heterocycles. The molecule has 0 aromatic heterocycles. The van der Waals surface area contributed by atoms with Gasteiger partial charge in [-0.1, -0.05) is 6.07 Å².